The molecule has 6 heteroatoms. The fourth-order valence-corrected chi connectivity index (χ4v) is 2.36. The second kappa shape index (κ2) is 6.38. The normalized spacial score (nSPS) is 10.3. The fourth-order valence-electron chi connectivity index (χ4n) is 1.53. The van der Waals surface area contributed by atoms with E-state index in [0.717, 1.165) is 10.6 Å². The van der Waals surface area contributed by atoms with Crippen molar-refractivity contribution in [3.63, 3.8) is 0 Å². The lowest BCUT2D eigenvalue weighted by Gasteiger charge is -2.04. The standard InChI is InChI=1S/C14H13FN2O2S/c1-19-14(18)13-4-2-3-9(17-13)8-20-10-5-6-12(16)11(15)7-10/h2-7H,8,16H2,1H3. The Balaban J connectivity index is 2.07. The van der Waals surface area contributed by atoms with Crippen LogP contribution in [0.2, 0.25) is 0 Å². The Morgan fingerprint density at radius 2 is 2.20 bits per heavy atom. The van der Waals surface area contributed by atoms with Crippen LogP contribution in [0.4, 0.5) is 10.1 Å². The van der Waals surface area contributed by atoms with Gasteiger partial charge in [-0.1, -0.05) is 6.07 Å². The predicted octanol–water partition coefficient (Wildman–Crippen LogP) is 2.88. The van der Waals surface area contributed by atoms with Crippen molar-refractivity contribution in [3.05, 3.63) is 53.6 Å². The van der Waals surface area contributed by atoms with Crippen molar-refractivity contribution < 1.29 is 13.9 Å². The molecule has 0 aliphatic rings. The molecule has 1 heterocycles. The Kier molecular flexibility index (Phi) is 4.57. The number of thioether (sulfide) groups is 1. The van der Waals surface area contributed by atoms with Gasteiger partial charge in [-0.05, 0) is 30.3 Å². The number of benzene rings is 1. The summed E-state index contributed by atoms with van der Waals surface area (Å²) in [4.78, 5) is 16.3. The molecule has 20 heavy (non-hydrogen) atoms. The number of nitrogens with two attached hydrogens (primary N) is 1. The largest absolute Gasteiger partial charge is 0.464 e. The van der Waals surface area contributed by atoms with Gasteiger partial charge in [0.25, 0.3) is 0 Å². The van der Waals surface area contributed by atoms with E-state index in [1.165, 1.54) is 31.0 Å². The zero-order valence-electron chi connectivity index (χ0n) is 10.8. The lowest BCUT2D eigenvalue weighted by molar-refractivity contribution is 0.0594. The van der Waals surface area contributed by atoms with Crippen LogP contribution in [-0.4, -0.2) is 18.1 Å². The summed E-state index contributed by atoms with van der Waals surface area (Å²) >= 11 is 1.41. The number of halogens is 1. The third kappa shape index (κ3) is 3.48. The highest BCUT2D eigenvalue weighted by Gasteiger charge is 2.08. The fraction of sp³-hybridized carbons (Fsp3) is 0.143. The zero-order valence-corrected chi connectivity index (χ0v) is 11.6. The zero-order chi connectivity index (χ0) is 14.5. The van der Waals surface area contributed by atoms with E-state index in [2.05, 4.69) is 9.72 Å². The van der Waals surface area contributed by atoms with E-state index in [4.69, 9.17) is 5.73 Å². The third-order valence-corrected chi connectivity index (χ3v) is 3.59. The monoisotopic (exact) mass is 292 g/mol. The first kappa shape index (κ1) is 14.3. The number of ether oxygens (including phenoxy) is 1. The molecule has 2 rings (SSSR count). The van der Waals surface area contributed by atoms with Crippen LogP contribution >= 0.6 is 11.8 Å². The van der Waals surface area contributed by atoms with Crippen LogP contribution in [0.15, 0.2) is 41.3 Å². The first-order valence-corrected chi connectivity index (χ1v) is 6.81. The molecule has 0 saturated heterocycles. The lowest BCUT2D eigenvalue weighted by Crippen LogP contribution is -2.05. The van der Waals surface area contributed by atoms with Gasteiger partial charge in [0.2, 0.25) is 0 Å². The van der Waals surface area contributed by atoms with Gasteiger partial charge >= 0.3 is 5.97 Å². The van der Waals surface area contributed by atoms with Crippen molar-refractivity contribution in [2.24, 2.45) is 0 Å². The highest BCUT2D eigenvalue weighted by Crippen LogP contribution is 2.24. The number of carbonyl (C=O) groups is 1. The Morgan fingerprint density at radius 1 is 1.40 bits per heavy atom. The van der Waals surface area contributed by atoms with Gasteiger partial charge in [0.15, 0.2) is 0 Å². The number of anilines is 1. The molecule has 1 aromatic carbocycles. The molecule has 0 aliphatic carbocycles. The van der Waals surface area contributed by atoms with Gasteiger partial charge < -0.3 is 10.5 Å². The van der Waals surface area contributed by atoms with Crippen LogP contribution in [0.3, 0.4) is 0 Å². The molecular weight excluding hydrogens is 279 g/mol. The molecule has 2 N–H and O–H groups in total. The van der Waals surface area contributed by atoms with Crippen molar-refractivity contribution in [1.82, 2.24) is 4.98 Å². The second-order valence-corrected chi connectivity index (χ2v) is 5.03. The van der Waals surface area contributed by atoms with Crippen molar-refractivity contribution in [2.45, 2.75) is 10.6 Å². The Labute approximate surface area is 120 Å². The topological polar surface area (TPSA) is 65.2 Å². The molecule has 0 amide bonds. The Bertz CT molecular complexity index is 634. The highest BCUT2D eigenvalue weighted by molar-refractivity contribution is 7.98. The van der Waals surface area contributed by atoms with Crippen molar-refractivity contribution in [1.29, 1.82) is 0 Å². The summed E-state index contributed by atoms with van der Waals surface area (Å²) < 4.78 is 17.9. The molecule has 0 radical (unpaired) electrons. The van der Waals surface area contributed by atoms with Gasteiger partial charge in [-0.15, -0.1) is 11.8 Å². The molecule has 0 spiro atoms. The summed E-state index contributed by atoms with van der Waals surface area (Å²) in [6.07, 6.45) is 0. The quantitative estimate of drug-likeness (QED) is 0.533. The molecule has 0 fully saturated rings. The molecule has 0 saturated carbocycles. The van der Waals surface area contributed by atoms with Gasteiger partial charge in [-0.25, -0.2) is 14.2 Å². The number of nitrogens with zero attached hydrogens (tertiary/aromatic N) is 1. The van der Waals surface area contributed by atoms with Gasteiger partial charge in [0, 0.05) is 10.6 Å². The average molecular weight is 292 g/mol. The number of hydrogen-bond donors (Lipinski definition) is 1. The molecular formula is C14H13FN2O2S. The number of nitrogen functional groups attached to an aromatic ring is 1. The molecule has 0 aliphatic heterocycles. The number of esters is 1. The third-order valence-electron chi connectivity index (χ3n) is 2.56. The molecule has 0 bridgehead atoms. The number of pyridine rings is 1. The number of aromatic nitrogens is 1. The van der Waals surface area contributed by atoms with Crippen molar-refractivity contribution >= 4 is 23.4 Å². The molecule has 0 unspecified atom stereocenters. The first-order chi connectivity index (χ1) is 9.60. The average Bonchev–Trinajstić information content (AvgIpc) is 2.48. The minimum Gasteiger partial charge on any atom is -0.464 e. The maximum Gasteiger partial charge on any atom is 0.356 e. The first-order valence-electron chi connectivity index (χ1n) is 5.82. The maximum absolute atomic E-state index is 13.3. The summed E-state index contributed by atoms with van der Waals surface area (Å²) in [7, 11) is 1.31. The van der Waals surface area contributed by atoms with Crippen LogP contribution < -0.4 is 5.73 Å². The van der Waals surface area contributed by atoms with E-state index in [-0.39, 0.29) is 11.4 Å². The van der Waals surface area contributed by atoms with E-state index in [0.29, 0.717) is 5.75 Å². The second-order valence-electron chi connectivity index (χ2n) is 3.98. The Hall–Kier alpha value is -2.08. The minimum atomic E-state index is -0.477. The summed E-state index contributed by atoms with van der Waals surface area (Å²) in [6.45, 7) is 0. The highest BCUT2D eigenvalue weighted by atomic mass is 32.2. The van der Waals surface area contributed by atoms with Crippen molar-refractivity contribution in [2.75, 3.05) is 12.8 Å². The van der Waals surface area contributed by atoms with E-state index < -0.39 is 11.8 Å². The summed E-state index contributed by atoms with van der Waals surface area (Å²) in [5.41, 5.74) is 6.52. The molecule has 4 nitrogen and oxygen atoms in total. The van der Waals surface area contributed by atoms with Gasteiger partial charge in [-0.2, -0.15) is 0 Å². The Morgan fingerprint density at radius 3 is 2.90 bits per heavy atom. The molecule has 1 aromatic heterocycles. The minimum absolute atomic E-state index is 0.125. The summed E-state index contributed by atoms with van der Waals surface area (Å²) in [5.74, 6) is -0.393. The van der Waals surface area contributed by atoms with Crippen LogP contribution in [0.25, 0.3) is 0 Å². The number of methoxy groups -OCH3 is 1. The van der Waals surface area contributed by atoms with E-state index >= 15 is 0 Å². The SMILES string of the molecule is COC(=O)c1cccc(CSc2ccc(N)c(F)c2)n1. The van der Waals surface area contributed by atoms with Crippen molar-refractivity contribution in [3.8, 4) is 0 Å². The van der Waals surface area contributed by atoms with Gasteiger partial charge in [0.1, 0.15) is 11.5 Å². The molecule has 0 atom stereocenters. The van der Waals surface area contributed by atoms with Crippen LogP contribution in [0.1, 0.15) is 16.2 Å². The van der Waals surface area contributed by atoms with Gasteiger partial charge in [-0.3, -0.25) is 0 Å². The maximum atomic E-state index is 13.3. The van der Waals surface area contributed by atoms with Crippen LogP contribution in [0, 0.1) is 5.82 Å². The van der Waals surface area contributed by atoms with E-state index in [1.807, 2.05) is 0 Å². The number of carbonyl (C=O) groups excluding carboxylic acids is 1. The lowest BCUT2D eigenvalue weighted by atomic mass is 10.3. The summed E-state index contributed by atoms with van der Waals surface area (Å²) in [5, 5.41) is 0. The number of rotatable bonds is 4. The van der Waals surface area contributed by atoms with E-state index in [9.17, 15) is 9.18 Å². The summed E-state index contributed by atoms with van der Waals surface area (Å²) in [6, 6.07) is 9.77. The van der Waals surface area contributed by atoms with Gasteiger partial charge in [0.05, 0.1) is 18.5 Å². The molecule has 2 aromatic rings. The molecule has 104 valence electrons. The predicted molar refractivity (Wildman–Crippen MR) is 75.9 cm³/mol. The van der Waals surface area contributed by atoms with E-state index in [1.54, 1.807) is 24.3 Å². The smallest absolute Gasteiger partial charge is 0.356 e. The van der Waals surface area contributed by atoms with Crippen LogP contribution in [0.5, 0.6) is 0 Å². The number of hydrogen-bond acceptors (Lipinski definition) is 5. The van der Waals surface area contributed by atoms with Crippen LogP contribution in [-0.2, 0) is 10.5 Å².